The summed E-state index contributed by atoms with van der Waals surface area (Å²) < 4.78 is 26.9. The molecule has 3 rings (SSSR count). The quantitative estimate of drug-likeness (QED) is 0.670. The number of benzene rings is 2. The third-order valence-corrected chi connectivity index (χ3v) is 5.61. The van der Waals surface area contributed by atoms with E-state index in [1.807, 2.05) is 35.2 Å². The molecule has 2 aromatic carbocycles. The number of hydrogen-bond donors (Lipinski definition) is 0. The first-order valence-corrected chi connectivity index (χ1v) is 9.49. The first kappa shape index (κ1) is 16.4. The average molecular weight is 338 g/mol. The van der Waals surface area contributed by atoms with E-state index in [1.165, 1.54) is 11.1 Å². The minimum absolute atomic E-state index is 0.0163. The third kappa shape index (κ3) is 4.09. The summed E-state index contributed by atoms with van der Waals surface area (Å²) in [5, 5.41) is 0. The fraction of sp³-hybridized carbons (Fsp3) is 0.150. The number of pyridine rings is 1. The molecule has 0 saturated carbocycles. The molecule has 122 valence electrons. The molecule has 0 amide bonds. The minimum Gasteiger partial charge on any atom is -0.223 e. The molecular weight excluding hydrogens is 318 g/mol. The van der Waals surface area contributed by atoms with Crippen molar-refractivity contribution in [2.45, 2.75) is 24.1 Å². The standard InChI is InChI=1S/C20H20NO2S/c1-17-7-9-18(10-8-17)15-21-13-11-19(12-14-21)16-24(22,23)20-5-3-2-4-6-20/h2-14H,15-16H2,1H3/q+1. The zero-order chi connectivity index (χ0) is 17.0. The molecule has 0 aliphatic rings. The molecule has 1 heterocycles. The van der Waals surface area contributed by atoms with Crippen molar-refractivity contribution in [1.29, 1.82) is 0 Å². The van der Waals surface area contributed by atoms with Crippen molar-refractivity contribution in [1.82, 2.24) is 0 Å². The Kier molecular flexibility index (Phi) is 4.76. The normalized spacial score (nSPS) is 11.4. The second-order valence-corrected chi connectivity index (χ2v) is 7.93. The van der Waals surface area contributed by atoms with Gasteiger partial charge in [-0.1, -0.05) is 48.0 Å². The number of rotatable bonds is 5. The Labute approximate surface area is 143 Å². The molecule has 0 fully saturated rings. The first-order valence-electron chi connectivity index (χ1n) is 7.84. The Morgan fingerprint density at radius 2 is 1.42 bits per heavy atom. The number of aromatic nitrogens is 1. The maximum Gasteiger partial charge on any atom is 0.182 e. The van der Waals surface area contributed by atoms with E-state index in [1.54, 1.807) is 24.3 Å². The van der Waals surface area contributed by atoms with Crippen molar-refractivity contribution in [2.24, 2.45) is 0 Å². The molecule has 0 saturated heterocycles. The Hall–Kier alpha value is -2.46. The van der Waals surface area contributed by atoms with Gasteiger partial charge in [-0.2, -0.15) is 0 Å². The zero-order valence-corrected chi connectivity index (χ0v) is 14.4. The second-order valence-electron chi connectivity index (χ2n) is 5.94. The molecule has 0 bridgehead atoms. The fourth-order valence-corrected chi connectivity index (χ4v) is 3.89. The van der Waals surface area contributed by atoms with Crippen LogP contribution in [0.4, 0.5) is 0 Å². The molecule has 0 atom stereocenters. The van der Waals surface area contributed by atoms with Crippen LogP contribution in [0.5, 0.6) is 0 Å². The van der Waals surface area contributed by atoms with E-state index in [0.29, 0.717) is 4.90 Å². The predicted octanol–water partition coefficient (Wildman–Crippen LogP) is 3.30. The van der Waals surface area contributed by atoms with Gasteiger partial charge >= 0.3 is 0 Å². The van der Waals surface area contributed by atoms with Crippen LogP contribution in [-0.4, -0.2) is 8.42 Å². The Balaban J connectivity index is 1.72. The SMILES string of the molecule is Cc1ccc(C[n+]2ccc(CS(=O)(=O)c3ccccc3)cc2)cc1. The van der Waals surface area contributed by atoms with Crippen LogP contribution in [0.2, 0.25) is 0 Å². The molecule has 0 radical (unpaired) electrons. The van der Waals surface area contributed by atoms with Gasteiger partial charge in [0.15, 0.2) is 28.8 Å². The van der Waals surface area contributed by atoms with Crippen LogP contribution in [0.25, 0.3) is 0 Å². The fourth-order valence-electron chi connectivity index (χ4n) is 2.52. The third-order valence-electron chi connectivity index (χ3n) is 3.90. The van der Waals surface area contributed by atoms with E-state index in [4.69, 9.17) is 0 Å². The molecule has 0 spiro atoms. The van der Waals surface area contributed by atoms with Crippen molar-refractivity contribution in [3.8, 4) is 0 Å². The highest BCUT2D eigenvalue weighted by molar-refractivity contribution is 7.90. The topological polar surface area (TPSA) is 38.0 Å². The minimum atomic E-state index is -3.30. The summed E-state index contributed by atoms with van der Waals surface area (Å²) >= 11 is 0. The van der Waals surface area contributed by atoms with Crippen molar-refractivity contribution in [2.75, 3.05) is 0 Å². The van der Waals surface area contributed by atoms with Crippen LogP contribution < -0.4 is 4.57 Å². The molecule has 0 aliphatic carbocycles. The van der Waals surface area contributed by atoms with Crippen LogP contribution in [-0.2, 0) is 22.1 Å². The van der Waals surface area contributed by atoms with E-state index < -0.39 is 9.84 Å². The lowest BCUT2D eigenvalue weighted by Gasteiger charge is -2.04. The Bertz CT molecular complexity index is 900. The van der Waals surface area contributed by atoms with Crippen molar-refractivity contribution in [3.63, 3.8) is 0 Å². The number of aryl methyl sites for hydroxylation is 1. The van der Waals surface area contributed by atoms with Crippen LogP contribution in [0.15, 0.2) is 84.0 Å². The molecule has 3 aromatic rings. The summed E-state index contributed by atoms with van der Waals surface area (Å²) in [5.41, 5.74) is 3.25. The summed E-state index contributed by atoms with van der Waals surface area (Å²) in [6.07, 6.45) is 3.85. The van der Waals surface area contributed by atoms with Crippen LogP contribution in [0.3, 0.4) is 0 Å². The summed E-state index contributed by atoms with van der Waals surface area (Å²) in [5.74, 6) is 0.0163. The monoisotopic (exact) mass is 338 g/mol. The van der Waals surface area contributed by atoms with Gasteiger partial charge in [-0.3, -0.25) is 0 Å². The summed E-state index contributed by atoms with van der Waals surface area (Å²) in [6.45, 7) is 2.84. The molecule has 0 N–H and O–H groups in total. The number of nitrogens with zero attached hydrogens (tertiary/aromatic N) is 1. The Morgan fingerprint density at radius 1 is 0.792 bits per heavy atom. The lowest BCUT2D eigenvalue weighted by Crippen LogP contribution is -2.33. The molecule has 3 nitrogen and oxygen atoms in total. The van der Waals surface area contributed by atoms with Crippen LogP contribution in [0, 0.1) is 6.92 Å². The predicted molar refractivity (Wildman–Crippen MR) is 94.2 cm³/mol. The summed E-state index contributed by atoms with van der Waals surface area (Å²) in [6, 6.07) is 20.7. The van der Waals surface area contributed by atoms with E-state index >= 15 is 0 Å². The molecule has 4 heteroatoms. The maximum atomic E-state index is 12.4. The van der Waals surface area contributed by atoms with Crippen molar-refractivity contribution < 1.29 is 13.0 Å². The number of sulfone groups is 1. The van der Waals surface area contributed by atoms with E-state index in [0.717, 1.165) is 12.1 Å². The van der Waals surface area contributed by atoms with Gasteiger partial charge < -0.3 is 0 Å². The van der Waals surface area contributed by atoms with Crippen molar-refractivity contribution in [3.05, 3.63) is 95.8 Å². The van der Waals surface area contributed by atoms with Gasteiger partial charge in [-0.15, -0.1) is 0 Å². The van der Waals surface area contributed by atoms with Gasteiger partial charge in [0.05, 0.1) is 10.6 Å². The first-order chi connectivity index (χ1) is 11.5. The van der Waals surface area contributed by atoms with Crippen LogP contribution >= 0.6 is 0 Å². The van der Waals surface area contributed by atoms with Gasteiger partial charge in [-0.05, 0) is 24.6 Å². The maximum absolute atomic E-state index is 12.4. The summed E-state index contributed by atoms with van der Waals surface area (Å²) in [7, 11) is -3.30. The molecule has 0 unspecified atom stereocenters. The molecular formula is C20H20NO2S+. The lowest BCUT2D eigenvalue weighted by molar-refractivity contribution is -0.688. The highest BCUT2D eigenvalue weighted by Gasteiger charge is 2.15. The lowest BCUT2D eigenvalue weighted by atomic mass is 10.1. The number of hydrogen-bond acceptors (Lipinski definition) is 2. The molecule has 1 aromatic heterocycles. The largest absolute Gasteiger partial charge is 0.223 e. The molecule has 0 aliphatic heterocycles. The van der Waals surface area contributed by atoms with Crippen LogP contribution in [0.1, 0.15) is 16.7 Å². The van der Waals surface area contributed by atoms with E-state index in [2.05, 4.69) is 31.2 Å². The summed E-state index contributed by atoms with van der Waals surface area (Å²) in [4.78, 5) is 0.362. The highest BCUT2D eigenvalue weighted by Crippen LogP contribution is 2.15. The van der Waals surface area contributed by atoms with Gasteiger partial charge in [0.1, 0.15) is 0 Å². The van der Waals surface area contributed by atoms with E-state index in [9.17, 15) is 8.42 Å². The van der Waals surface area contributed by atoms with Crippen molar-refractivity contribution >= 4 is 9.84 Å². The molecule has 24 heavy (non-hydrogen) atoms. The van der Waals surface area contributed by atoms with Gasteiger partial charge in [0, 0.05) is 17.7 Å². The van der Waals surface area contributed by atoms with Gasteiger partial charge in [-0.25, -0.2) is 13.0 Å². The second kappa shape index (κ2) is 6.97. The average Bonchev–Trinajstić information content (AvgIpc) is 2.59. The van der Waals surface area contributed by atoms with E-state index in [-0.39, 0.29) is 5.75 Å². The Morgan fingerprint density at radius 3 is 2.04 bits per heavy atom. The van der Waals surface area contributed by atoms with Gasteiger partial charge in [0.2, 0.25) is 0 Å². The smallest absolute Gasteiger partial charge is 0.182 e. The zero-order valence-electron chi connectivity index (χ0n) is 13.6. The van der Waals surface area contributed by atoms with Gasteiger partial charge in [0.25, 0.3) is 0 Å². The highest BCUT2D eigenvalue weighted by atomic mass is 32.2.